The second-order valence-corrected chi connectivity index (χ2v) is 5.33. The minimum atomic E-state index is -0.292. The van der Waals surface area contributed by atoms with E-state index in [9.17, 15) is 0 Å². The van der Waals surface area contributed by atoms with E-state index >= 15 is 0 Å². The van der Waals surface area contributed by atoms with Crippen LogP contribution >= 0.6 is 11.6 Å². The Morgan fingerprint density at radius 1 is 1.19 bits per heavy atom. The van der Waals surface area contributed by atoms with E-state index in [0.717, 1.165) is 16.6 Å². The van der Waals surface area contributed by atoms with E-state index in [0.29, 0.717) is 24.1 Å². The van der Waals surface area contributed by atoms with E-state index in [1.807, 2.05) is 48.5 Å². The van der Waals surface area contributed by atoms with Gasteiger partial charge in [-0.1, -0.05) is 41.9 Å². The summed E-state index contributed by atoms with van der Waals surface area (Å²) in [5, 5.41) is 0.662. The summed E-state index contributed by atoms with van der Waals surface area (Å²) >= 11 is 5.95. The number of ether oxygens (including phenoxy) is 1. The molecule has 1 heterocycles. The zero-order valence-electron chi connectivity index (χ0n) is 11.4. The molecule has 0 aliphatic heterocycles. The van der Waals surface area contributed by atoms with Crippen molar-refractivity contribution in [2.75, 3.05) is 6.61 Å². The number of hydrogen-bond donors (Lipinski definition) is 2. The third-order valence-electron chi connectivity index (χ3n) is 3.22. The number of aromatic amines is 1. The van der Waals surface area contributed by atoms with Crippen LogP contribution in [0.5, 0.6) is 0 Å². The van der Waals surface area contributed by atoms with Crippen molar-refractivity contribution in [3.8, 4) is 0 Å². The Bertz CT molecular complexity index is 727. The molecule has 0 unspecified atom stereocenters. The molecule has 0 bridgehead atoms. The molecule has 0 radical (unpaired) electrons. The van der Waals surface area contributed by atoms with Gasteiger partial charge in [0.1, 0.15) is 5.82 Å². The van der Waals surface area contributed by atoms with Crippen LogP contribution < -0.4 is 5.73 Å². The molecule has 0 fully saturated rings. The van der Waals surface area contributed by atoms with Gasteiger partial charge < -0.3 is 15.5 Å². The summed E-state index contributed by atoms with van der Waals surface area (Å²) in [7, 11) is 0. The maximum atomic E-state index is 6.11. The molecular weight excluding hydrogens is 286 g/mol. The summed E-state index contributed by atoms with van der Waals surface area (Å²) in [4.78, 5) is 7.65. The van der Waals surface area contributed by atoms with Crippen LogP contribution in [0.15, 0.2) is 48.5 Å². The lowest BCUT2D eigenvalue weighted by Gasteiger charge is -2.09. The number of benzene rings is 2. The molecule has 3 aromatic rings. The van der Waals surface area contributed by atoms with Crippen molar-refractivity contribution in [1.29, 1.82) is 0 Å². The molecule has 0 amide bonds. The number of aromatic nitrogens is 2. The van der Waals surface area contributed by atoms with Gasteiger partial charge in [0.2, 0.25) is 0 Å². The first kappa shape index (κ1) is 14.1. The molecule has 4 nitrogen and oxygen atoms in total. The van der Waals surface area contributed by atoms with Crippen molar-refractivity contribution in [2.45, 2.75) is 12.6 Å². The molecule has 1 aromatic heterocycles. The summed E-state index contributed by atoms with van der Waals surface area (Å²) in [5.41, 5.74) is 8.98. The van der Waals surface area contributed by atoms with Crippen molar-refractivity contribution in [1.82, 2.24) is 9.97 Å². The minimum Gasteiger partial charge on any atom is -0.375 e. The fourth-order valence-electron chi connectivity index (χ4n) is 2.13. The van der Waals surface area contributed by atoms with E-state index in [-0.39, 0.29) is 6.04 Å². The summed E-state index contributed by atoms with van der Waals surface area (Å²) in [5.74, 6) is 0.709. The molecule has 3 N–H and O–H groups in total. The highest BCUT2D eigenvalue weighted by molar-refractivity contribution is 6.31. The molecule has 0 aliphatic carbocycles. The zero-order valence-corrected chi connectivity index (χ0v) is 12.2. The lowest BCUT2D eigenvalue weighted by Crippen LogP contribution is -2.18. The molecule has 5 heteroatoms. The molecule has 2 aromatic carbocycles. The summed E-state index contributed by atoms with van der Waals surface area (Å²) < 4.78 is 5.64. The molecule has 3 rings (SSSR count). The Morgan fingerprint density at radius 3 is 2.81 bits per heavy atom. The quantitative estimate of drug-likeness (QED) is 0.759. The van der Waals surface area contributed by atoms with Crippen LogP contribution in [-0.4, -0.2) is 16.6 Å². The predicted molar refractivity (Wildman–Crippen MR) is 84.1 cm³/mol. The highest BCUT2D eigenvalue weighted by atomic mass is 35.5. The van der Waals surface area contributed by atoms with Crippen LogP contribution in [0, 0.1) is 0 Å². The number of hydrogen-bond acceptors (Lipinski definition) is 3. The van der Waals surface area contributed by atoms with Gasteiger partial charge in [0, 0.05) is 5.02 Å². The Morgan fingerprint density at radius 2 is 2.00 bits per heavy atom. The maximum Gasteiger partial charge on any atom is 0.126 e. The molecular formula is C16H16ClN3O. The average Bonchev–Trinajstić information content (AvgIpc) is 2.91. The summed E-state index contributed by atoms with van der Waals surface area (Å²) in [6.45, 7) is 0.947. The Hall–Kier alpha value is -1.88. The standard InChI is InChI=1S/C16H16ClN3O/c17-12-6-7-14-15(8-12)20-16(19-14)13(18)10-21-9-11-4-2-1-3-5-11/h1-8,13H,9-10,18H2,(H,19,20)/t13-/m1/s1. The van der Waals surface area contributed by atoms with Gasteiger partial charge in [-0.25, -0.2) is 4.98 Å². The van der Waals surface area contributed by atoms with Gasteiger partial charge in [-0.3, -0.25) is 0 Å². The molecule has 108 valence electrons. The van der Waals surface area contributed by atoms with Crippen molar-refractivity contribution in [3.63, 3.8) is 0 Å². The topological polar surface area (TPSA) is 63.9 Å². The van der Waals surface area contributed by atoms with Gasteiger partial charge in [-0.05, 0) is 23.8 Å². The lowest BCUT2D eigenvalue weighted by molar-refractivity contribution is 0.106. The van der Waals surface area contributed by atoms with Crippen molar-refractivity contribution in [2.24, 2.45) is 5.73 Å². The number of rotatable bonds is 5. The Balaban J connectivity index is 1.62. The SMILES string of the molecule is N[C@H](COCc1ccccc1)c1nc2cc(Cl)ccc2[nH]1. The van der Waals surface area contributed by atoms with Crippen molar-refractivity contribution in [3.05, 3.63) is 64.9 Å². The highest BCUT2D eigenvalue weighted by Gasteiger charge is 2.11. The lowest BCUT2D eigenvalue weighted by atomic mass is 10.2. The van der Waals surface area contributed by atoms with E-state index in [2.05, 4.69) is 9.97 Å². The monoisotopic (exact) mass is 301 g/mol. The van der Waals surface area contributed by atoms with Crippen LogP contribution in [-0.2, 0) is 11.3 Å². The van der Waals surface area contributed by atoms with Gasteiger partial charge in [-0.15, -0.1) is 0 Å². The van der Waals surface area contributed by atoms with Gasteiger partial charge in [0.25, 0.3) is 0 Å². The van der Waals surface area contributed by atoms with E-state index in [1.165, 1.54) is 0 Å². The first-order valence-electron chi connectivity index (χ1n) is 6.75. The minimum absolute atomic E-state index is 0.292. The number of nitrogens with zero attached hydrogens (tertiary/aromatic N) is 1. The second-order valence-electron chi connectivity index (χ2n) is 4.89. The van der Waals surface area contributed by atoms with Crippen LogP contribution in [0.2, 0.25) is 5.02 Å². The third kappa shape index (κ3) is 3.42. The molecule has 0 saturated heterocycles. The van der Waals surface area contributed by atoms with E-state index in [4.69, 9.17) is 22.1 Å². The van der Waals surface area contributed by atoms with Gasteiger partial charge in [-0.2, -0.15) is 0 Å². The Labute approximate surface area is 127 Å². The predicted octanol–water partition coefficient (Wildman–Crippen LogP) is 3.43. The summed E-state index contributed by atoms with van der Waals surface area (Å²) in [6, 6.07) is 15.2. The number of imidazole rings is 1. The summed E-state index contributed by atoms with van der Waals surface area (Å²) in [6.07, 6.45) is 0. The fourth-order valence-corrected chi connectivity index (χ4v) is 2.30. The number of nitrogens with one attached hydrogen (secondary N) is 1. The van der Waals surface area contributed by atoms with E-state index in [1.54, 1.807) is 0 Å². The smallest absolute Gasteiger partial charge is 0.126 e. The molecule has 21 heavy (non-hydrogen) atoms. The van der Waals surface area contributed by atoms with Crippen LogP contribution in [0.1, 0.15) is 17.4 Å². The van der Waals surface area contributed by atoms with Crippen molar-refractivity contribution >= 4 is 22.6 Å². The zero-order chi connectivity index (χ0) is 14.7. The van der Waals surface area contributed by atoms with Crippen LogP contribution in [0.25, 0.3) is 11.0 Å². The van der Waals surface area contributed by atoms with Crippen LogP contribution in [0.4, 0.5) is 0 Å². The number of nitrogens with two attached hydrogens (primary N) is 1. The normalized spacial score (nSPS) is 12.7. The van der Waals surface area contributed by atoms with Crippen molar-refractivity contribution < 1.29 is 4.74 Å². The largest absolute Gasteiger partial charge is 0.375 e. The molecule has 0 saturated carbocycles. The molecule has 1 atom stereocenters. The van der Waals surface area contributed by atoms with Crippen LogP contribution in [0.3, 0.4) is 0 Å². The number of H-pyrrole nitrogens is 1. The number of halogens is 1. The first-order chi connectivity index (χ1) is 10.2. The Kier molecular flexibility index (Phi) is 4.20. The van der Waals surface area contributed by atoms with E-state index < -0.39 is 0 Å². The second kappa shape index (κ2) is 6.26. The van der Waals surface area contributed by atoms with Gasteiger partial charge in [0.05, 0.1) is 30.3 Å². The van der Waals surface area contributed by atoms with Gasteiger partial charge in [0.15, 0.2) is 0 Å². The third-order valence-corrected chi connectivity index (χ3v) is 3.46. The average molecular weight is 302 g/mol. The molecule has 0 spiro atoms. The molecule has 0 aliphatic rings. The maximum absolute atomic E-state index is 6.11. The van der Waals surface area contributed by atoms with Gasteiger partial charge >= 0.3 is 0 Å². The number of fused-ring (bicyclic) bond motifs is 1. The first-order valence-corrected chi connectivity index (χ1v) is 7.12. The highest BCUT2D eigenvalue weighted by Crippen LogP contribution is 2.19. The fraction of sp³-hybridized carbons (Fsp3) is 0.188.